The molecule has 0 aliphatic carbocycles. The highest BCUT2D eigenvalue weighted by Gasteiger charge is 2.31. The van der Waals surface area contributed by atoms with Gasteiger partial charge in [0.1, 0.15) is 5.82 Å². The Kier molecular flexibility index (Phi) is 2.68. The van der Waals surface area contributed by atoms with Gasteiger partial charge in [-0.2, -0.15) is 0 Å². The number of halogens is 1. The Balaban J connectivity index is 2.54. The minimum absolute atomic E-state index is 0.0644. The number of hydrogen-bond acceptors (Lipinski definition) is 2. The van der Waals surface area contributed by atoms with Crippen molar-refractivity contribution < 1.29 is 14.3 Å². The summed E-state index contributed by atoms with van der Waals surface area (Å²) >= 11 is 0. The maximum Gasteiger partial charge on any atom is 0.224 e. The van der Waals surface area contributed by atoms with Crippen molar-refractivity contribution in [3.63, 3.8) is 0 Å². The minimum Gasteiger partial charge on any atom is -0.388 e. The molecule has 1 aromatic rings. The first kappa shape index (κ1) is 11.1. The molecular formula is C12H14FNO2. The van der Waals surface area contributed by atoms with Crippen molar-refractivity contribution in [3.05, 3.63) is 29.6 Å². The second-order valence-electron chi connectivity index (χ2n) is 4.19. The molecule has 2 rings (SSSR count). The highest BCUT2D eigenvalue weighted by molar-refractivity contribution is 5.93. The molecule has 2 atom stereocenters. The number of carbonyl (C=O) groups excluding carboxylic acids is 1. The van der Waals surface area contributed by atoms with Gasteiger partial charge in [0.25, 0.3) is 0 Å². The van der Waals surface area contributed by atoms with E-state index in [0.717, 1.165) is 0 Å². The van der Waals surface area contributed by atoms with E-state index in [1.807, 2.05) is 6.92 Å². The van der Waals surface area contributed by atoms with E-state index in [0.29, 0.717) is 17.7 Å². The first-order valence-corrected chi connectivity index (χ1v) is 5.28. The number of nitrogens with zero attached hydrogens (tertiary/aromatic N) is 1. The number of hydrogen-bond donors (Lipinski definition) is 1. The lowest BCUT2D eigenvalue weighted by molar-refractivity contribution is -0.117. The van der Waals surface area contributed by atoms with Gasteiger partial charge < -0.3 is 10.0 Å². The standard InChI is InChI=1S/C12H14FNO2/c1-7-5-12(16)10-6-9(13)3-4-11(10)14(7)8(2)15/h3-4,6-7,12,16H,5H2,1-2H3/t7-,12+/m0/s1. The Morgan fingerprint density at radius 1 is 1.56 bits per heavy atom. The summed E-state index contributed by atoms with van der Waals surface area (Å²) in [7, 11) is 0. The monoisotopic (exact) mass is 223 g/mol. The summed E-state index contributed by atoms with van der Waals surface area (Å²) in [5.41, 5.74) is 1.11. The molecule has 86 valence electrons. The maximum absolute atomic E-state index is 13.1. The molecule has 0 radical (unpaired) electrons. The second kappa shape index (κ2) is 3.87. The summed E-state index contributed by atoms with van der Waals surface area (Å²) in [5, 5.41) is 9.85. The zero-order valence-electron chi connectivity index (χ0n) is 9.27. The lowest BCUT2D eigenvalue weighted by Crippen LogP contribution is -2.42. The molecule has 0 fully saturated rings. The molecule has 1 aromatic carbocycles. The van der Waals surface area contributed by atoms with Crippen LogP contribution in [-0.2, 0) is 4.79 Å². The molecule has 3 nitrogen and oxygen atoms in total. The normalized spacial score (nSPS) is 24.1. The third-order valence-corrected chi connectivity index (χ3v) is 2.95. The fourth-order valence-electron chi connectivity index (χ4n) is 2.28. The van der Waals surface area contributed by atoms with E-state index in [1.165, 1.54) is 19.1 Å². The Bertz CT molecular complexity index is 433. The van der Waals surface area contributed by atoms with Crippen molar-refractivity contribution >= 4 is 11.6 Å². The summed E-state index contributed by atoms with van der Waals surface area (Å²) in [4.78, 5) is 13.1. The van der Waals surface area contributed by atoms with Crippen LogP contribution in [0.2, 0.25) is 0 Å². The van der Waals surface area contributed by atoms with E-state index in [2.05, 4.69) is 0 Å². The predicted molar refractivity (Wildman–Crippen MR) is 58.6 cm³/mol. The van der Waals surface area contributed by atoms with Crippen LogP contribution >= 0.6 is 0 Å². The summed E-state index contributed by atoms with van der Waals surface area (Å²) in [6.45, 7) is 3.35. The number of carbonyl (C=O) groups is 1. The molecule has 0 unspecified atom stereocenters. The average Bonchev–Trinajstić information content (AvgIpc) is 2.18. The topological polar surface area (TPSA) is 40.5 Å². The van der Waals surface area contributed by atoms with E-state index in [-0.39, 0.29) is 11.9 Å². The highest BCUT2D eigenvalue weighted by atomic mass is 19.1. The average molecular weight is 223 g/mol. The van der Waals surface area contributed by atoms with Crippen LogP contribution in [0.3, 0.4) is 0 Å². The molecule has 0 aromatic heterocycles. The Labute approximate surface area is 93.5 Å². The molecule has 16 heavy (non-hydrogen) atoms. The van der Waals surface area contributed by atoms with Crippen molar-refractivity contribution in [2.24, 2.45) is 0 Å². The van der Waals surface area contributed by atoms with Gasteiger partial charge in [0.15, 0.2) is 0 Å². The zero-order valence-corrected chi connectivity index (χ0v) is 9.27. The zero-order chi connectivity index (χ0) is 11.9. The molecule has 0 bridgehead atoms. The van der Waals surface area contributed by atoms with Crippen molar-refractivity contribution in [2.45, 2.75) is 32.4 Å². The van der Waals surface area contributed by atoms with Crippen molar-refractivity contribution in [1.29, 1.82) is 0 Å². The van der Waals surface area contributed by atoms with Gasteiger partial charge in [-0.1, -0.05) is 0 Å². The van der Waals surface area contributed by atoms with Gasteiger partial charge in [0.05, 0.1) is 6.10 Å². The Morgan fingerprint density at radius 3 is 2.88 bits per heavy atom. The number of aliphatic hydroxyl groups excluding tert-OH is 1. The molecule has 1 heterocycles. The van der Waals surface area contributed by atoms with Crippen molar-refractivity contribution in [3.8, 4) is 0 Å². The van der Waals surface area contributed by atoms with Gasteiger partial charge >= 0.3 is 0 Å². The van der Waals surface area contributed by atoms with Gasteiger partial charge in [0, 0.05) is 24.2 Å². The van der Waals surface area contributed by atoms with Crippen LogP contribution in [0.4, 0.5) is 10.1 Å². The lowest BCUT2D eigenvalue weighted by Gasteiger charge is -2.37. The summed E-state index contributed by atoms with van der Waals surface area (Å²) in [5.74, 6) is -0.483. The van der Waals surface area contributed by atoms with Gasteiger partial charge in [-0.05, 0) is 31.5 Å². The lowest BCUT2D eigenvalue weighted by atomic mass is 9.94. The van der Waals surface area contributed by atoms with Crippen LogP contribution in [0.25, 0.3) is 0 Å². The summed E-state index contributed by atoms with van der Waals surface area (Å²) in [6, 6.07) is 4.08. The van der Waals surface area contributed by atoms with Gasteiger partial charge in [-0.15, -0.1) is 0 Å². The number of anilines is 1. The Morgan fingerprint density at radius 2 is 2.25 bits per heavy atom. The van der Waals surface area contributed by atoms with Crippen LogP contribution in [0.1, 0.15) is 31.9 Å². The van der Waals surface area contributed by atoms with Crippen LogP contribution < -0.4 is 4.90 Å². The third-order valence-electron chi connectivity index (χ3n) is 2.95. The fraction of sp³-hybridized carbons (Fsp3) is 0.417. The maximum atomic E-state index is 13.1. The molecule has 4 heteroatoms. The Hall–Kier alpha value is -1.42. The molecule has 1 N–H and O–H groups in total. The van der Waals surface area contributed by atoms with Crippen LogP contribution in [-0.4, -0.2) is 17.1 Å². The molecule has 1 aliphatic rings. The number of aliphatic hydroxyl groups is 1. The predicted octanol–water partition coefficient (Wildman–Crippen LogP) is 2.00. The van der Waals surface area contributed by atoms with Crippen molar-refractivity contribution in [2.75, 3.05) is 4.90 Å². The van der Waals surface area contributed by atoms with E-state index < -0.39 is 11.9 Å². The first-order chi connectivity index (χ1) is 7.50. The van der Waals surface area contributed by atoms with E-state index in [1.54, 1.807) is 11.0 Å². The highest BCUT2D eigenvalue weighted by Crippen LogP contribution is 2.37. The van der Waals surface area contributed by atoms with Crippen LogP contribution in [0.5, 0.6) is 0 Å². The van der Waals surface area contributed by atoms with E-state index in [4.69, 9.17) is 0 Å². The van der Waals surface area contributed by atoms with Gasteiger partial charge in [-0.3, -0.25) is 4.79 Å². The first-order valence-electron chi connectivity index (χ1n) is 5.28. The number of rotatable bonds is 0. The van der Waals surface area contributed by atoms with Crippen molar-refractivity contribution in [1.82, 2.24) is 0 Å². The molecular weight excluding hydrogens is 209 g/mol. The van der Waals surface area contributed by atoms with E-state index in [9.17, 15) is 14.3 Å². The smallest absolute Gasteiger partial charge is 0.224 e. The van der Waals surface area contributed by atoms with Gasteiger partial charge in [-0.25, -0.2) is 4.39 Å². The third kappa shape index (κ3) is 1.69. The SMILES string of the molecule is CC(=O)N1c2ccc(F)cc2[C@H](O)C[C@@H]1C. The second-order valence-corrected chi connectivity index (χ2v) is 4.19. The number of benzene rings is 1. The van der Waals surface area contributed by atoms with Crippen LogP contribution in [0, 0.1) is 5.82 Å². The van der Waals surface area contributed by atoms with E-state index >= 15 is 0 Å². The molecule has 0 saturated heterocycles. The minimum atomic E-state index is -0.698. The molecule has 1 aliphatic heterocycles. The number of fused-ring (bicyclic) bond motifs is 1. The summed E-state index contributed by atoms with van der Waals surface area (Å²) < 4.78 is 13.1. The summed E-state index contributed by atoms with van der Waals surface area (Å²) in [6.07, 6.45) is -0.257. The molecule has 0 saturated carbocycles. The molecule has 0 spiro atoms. The quantitative estimate of drug-likeness (QED) is 0.730. The molecule has 1 amide bonds. The largest absolute Gasteiger partial charge is 0.388 e. The number of amides is 1. The van der Waals surface area contributed by atoms with Gasteiger partial charge in [0.2, 0.25) is 5.91 Å². The fourth-order valence-corrected chi connectivity index (χ4v) is 2.28. The van der Waals surface area contributed by atoms with Crippen LogP contribution in [0.15, 0.2) is 18.2 Å².